The molecule has 0 radical (unpaired) electrons. The molecule has 0 amide bonds. The molecule has 3 aromatic rings. The van der Waals surface area contributed by atoms with Crippen molar-refractivity contribution in [2.75, 3.05) is 7.11 Å². The molecule has 1 atom stereocenters. The zero-order chi connectivity index (χ0) is 16.1. The van der Waals surface area contributed by atoms with Gasteiger partial charge >= 0.3 is 5.97 Å². The van der Waals surface area contributed by atoms with Crippen LogP contribution in [0.5, 0.6) is 0 Å². The SMILES string of the molecule is COC(=O)[C@H](Sc1nccn1Cc1ccccn1)c1ccsc1. The maximum atomic E-state index is 12.1. The molecule has 5 nitrogen and oxygen atoms in total. The lowest BCUT2D eigenvalue weighted by Gasteiger charge is -2.14. The van der Waals surface area contributed by atoms with E-state index in [9.17, 15) is 4.79 Å². The number of methoxy groups -OCH3 is 1. The summed E-state index contributed by atoms with van der Waals surface area (Å²) < 4.78 is 6.92. The molecule has 0 aliphatic carbocycles. The molecule has 0 spiro atoms. The molecule has 0 fully saturated rings. The summed E-state index contributed by atoms with van der Waals surface area (Å²) in [5.74, 6) is -0.277. The second-order valence-electron chi connectivity index (χ2n) is 4.74. The molecule has 0 aliphatic rings. The number of nitrogens with zero attached hydrogens (tertiary/aromatic N) is 3. The number of hydrogen-bond donors (Lipinski definition) is 0. The molecule has 23 heavy (non-hydrogen) atoms. The van der Waals surface area contributed by atoms with Gasteiger partial charge in [-0.3, -0.25) is 9.78 Å². The molecular weight excluding hydrogens is 330 g/mol. The van der Waals surface area contributed by atoms with Crippen LogP contribution in [0.2, 0.25) is 0 Å². The molecule has 3 aromatic heterocycles. The third kappa shape index (κ3) is 3.80. The van der Waals surface area contributed by atoms with Gasteiger partial charge in [-0.15, -0.1) is 0 Å². The van der Waals surface area contributed by atoms with Crippen molar-refractivity contribution in [1.29, 1.82) is 0 Å². The van der Waals surface area contributed by atoms with E-state index in [0.29, 0.717) is 6.54 Å². The Hall–Kier alpha value is -2.12. The Balaban J connectivity index is 1.81. The minimum Gasteiger partial charge on any atom is -0.468 e. The van der Waals surface area contributed by atoms with Crippen LogP contribution in [0.1, 0.15) is 16.5 Å². The first-order valence-corrected chi connectivity index (χ1v) is 8.78. The summed E-state index contributed by atoms with van der Waals surface area (Å²) in [6.45, 7) is 0.612. The van der Waals surface area contributed by atoms with Crippen molar-refractivity contribution in [2.24, 2.45) is 0 Å². The summed E-state index contributed by atoms with van der Waals surface area (Å²) >= 11 is 2.94. The largest absolute Gasteiger partial charge is 0.468 e. The van der Waals surface area contributed by atoms with E-state index in [1.54, 1.807) is 23.7 Å². The van der Waals surface area contributed by atoms with Gasteiger partial charge in [0.1, 0.15) is 5.25 Å². The predicted molar refractivity (Wildman–Crippen MR) is 90.5 cm³/mol. The number of aromatic nitrogens is 3. The van der Waals surface area contributed by atoms with E-state index < -0.39 is 5.25 Å². The van der Waals surface area contributed by atoms with E-state index in [1.807, 2.05) is 45.8 Å². The highest BCUT2D eigenvalue weighted by Gasteiger charge is 2.25. The van der Waals surface area contributed by atoms with E-state index in [2.05, 4.69) is 9.97 Å². The van der Waals surface area contributed by atoms with Gasteiger partial charge in [-0.25, -0.2) is 4.98 Å². The number of hydrogen-bond acceptors (Lipinski definition) is 6. The summed E-state index contributed by atoms with van der Waals surface area (Å²) in [4.78, 5) is 20.8. The van der Waals surface area contributed by atoms with Gasteiger partial charge in [0.05, 0.1) is 19.3 Å². The number of carbonyl (C=O) groups is 1. The second-order valence-corrected chi connectivity index (χ2v) is 6.59. The lowest BCUT2D eigenvalue weighted by Crippen LogP contribution is -2.12. The van der Waals surface area contributed by atoms with Gasteiger partial charge in [-0.05, 0) is 34.5 Å². The number of thioether (sulfide) groups is 1. The average Bonchev–Trinajstić information content (AvgIpc) is 3.25. The zero-order valence-corrected chi connectivity index (χ0v) is 14.1. The van der Waals surface area contributed by atoms with E-state index in [0.717, 1.165) is 16.4 Å². The number of imidazole rings is 1. The molecule has 0 saturated heterocycles. The van der Waals surface area contributed by atoms with Gasteiger partial charge in [-0.2, -0.15) is 11.3 Å². The topological polar surface area (TPSA) is 57.0 Å². The molecule has 0 unspecified atom stereocenters. The fraction of sp³-hybridized carbons (Fsp3) is 0.188. The summed E-state index contributed by atoms with van der Waals surface area (Å²) in [5, 5.41) is 4.25. The molecule has 118 valence electrons. The van der Waals surface area contributed by atoms with Gasteiger partial charge in [-0.1, -0.05) is 17.8 Å². The summed E-state index contributed by atoms with van der Waals surface area (Å²) in [6, 6.07) is 7.74. The van der Waals surface area contributed by atoms with Crippen LogP contribution in [0.4, 0.5) is 0 Å². The Morgan fingerprint density at radius 1 is 1.35 bits per heavy atom. The predicted octanol–water partition coefficient (Wildman–Crippen LogP) is 3.39. The molecule has 7 heteroatoms. The number of pyridine rings is 1. The lowest BCUT2D eigenvalue weighted by molar-refractivity contribution is -0.140. The van der Waals surface area contributed by atoms with Gasteiger partial charge in [0.2, 0.25) is 0 Å². The first-order chi connectivity index (χ1) is 11.3. The molecule has 0 saturated carbocycles. The maximum absolute atomic E-state index is 12.1. The summed E-state index contributed by atoms with van der Waals surface area (Å²) in [5.41, 5.74) is 1.87. The van der Waals surface area contributed by atoms with Crippen LogP contribution >= 0.6 is 23.1 Å². The number of carbonyl (C=O) groups excluding carboxylic acids is 1. The number of ether oxygens (including phenoxy) is 1. The first-order valence-electron chi connectivity index (χ1n) is 6.95. The molecule has 3 heterocycles. The van der Waals surface area contributed by atoms with Crippen molar-refractivity contribution in [3.63, 3.8) is 0 Å². The van der Waals surface area contributed by atoms with Crippen molar-refractivity contribution in [2.45, 2.75) is 17.0 Å². The Morgan fingerprint density at radius 3 is 2.96 bits per heavy atom. The van der Waals surface area contributed by atoms with Crippen LogP contribution in [0, 0.1) is 0 Å². The number of rotatable bonds is 6. The van der Waals surface area contributed by atoms with Gasteiger partial charge < -0.3 is 9.30 Å². The quantitative estimate of drug-likeness (QED) is 0.506. The van der Waals surface area contributed by atoms with E-state index in [1.165, 1.54) is 18.9 Å². The third-order valence-electron chi connectivity index (χ3n) is 3.22. The summed E-state index contributed by atoms with van der Waals surface area (Å²) in [6.07, 6.45) is 5.38. The van der Waals surface area contributed by atoms with Gasteiger partial charge in [0.15, 0.2) is 5.16 Å². The monoisotopic (exact) mass is 345 g/mol. The van der Waals surface area contributed by atoms with Gasteiger partial charge in [0, 0.05) is 18.6 Å². The molecule has 3 rings (SSSR count). The number of esters is 1. The third-order valence-corrected chi connectivity index (χ3v) is 5.17. The van der Waals surface area contributed by atoms with Crippen LogP contribution in [0.3, 0.4) is 0 Å². The second kappa shape index (κ2) is 7.43. The van der Waals surface area contributed by atoms with Crippen LogP contribution in [0.25, 0.3) is 0 Å². The standard InChI is InChI=1S/C16H15N3O2S2/c1-21-15(20)14(12-5-9-22-11-12)23-16-18-7-8-19(16)10-13-4-2-3-6-17-13/h2-9,11,14H,10H2,1H3/t14-/m1/s1. The summed E-state index contributed by atoms with van der Waals surface area (Å²) in [7, 11) is 1.41. The molecule has 0 bridgehead atoms. The maximum Gasteiger partial charge on any atom is 0.323 e. The fourth-order valence-electron chi connectivity index (χ4n) is 2.09. The highest BCUT2D eigenvalue weighted by atomic mass is 32.2. The molecular formula is C16H15N3O2S2. The normalized spacial score (nSPS) is 12.0. The smallest absolute Gasteiger partial charge is 0.323 e. The minimum absolute atomic E-state index is 0.277. The highest BCUT2D eigenvalue weighted by Crippen LogP contribution is 2.36. The van der Waals surface area contributed by atoms with Crippen LogP contribution in [0.15, 0.2) is 58.8 Å². The van der Waals surface area contributed by atoms with Crippen molar-refractivity contribution in [3.05, 3.63) is 64.9 Å². The van der Waals surface area contributed by atoms with E-state index in [-0.39, 0.29) is 5.97 Å². The zero-order valence-electron chi connectivity index (χ0n) is 12.5. The minimum atomic E-state index is -0.420. The average molecular weight is 345 g/mol. The van der Waals surface area contributed by atoms with E-state index >= 15 is 0 Å². The van der Waals surface area contributed by atoms with Crippen molar-refractivity contribution < 1.29 is 9.53 Å². The Labute approximate surface area is 142 Å². The van der Waals surface area contributed by atoms with Crippen LogP contribution in [-0.2, 0) is 16.1 Å². The lowest BCUT2D eigenvalue weighted by atomic mass is 10.2. The first kappa shape index (κ1) is 15.8. The van der Waals surface area contributed by atoms with Crippen LogP contribution < -0.4 is 0 Å². The fourth-order valence-corrected chi connectivity index (χ4v) is 3.93. The molecule has 0 aliphatic heterocycles. The van der Waals surface area contributed by atoms with Crippen molar-refractivity contribution in [1.82, 2.24) is 14.5 Å². The molecule has 0 aromatic carbocycles. The Morgan fingerprint density at radius 2 is 2.26 bits per heavy atom. The highest BCUT2D eigenvalue weighted by molar-refractivity contribution is 8.00. The Bertz CT molecular complexity index is 757. The van der Waals surface area contributed by atoms with E-state index in [4.69, 9.17) is 4.74 Å². The van der Waals surface area contributed by atoms with Crippen molar-refractivity contribution in [3.8, 4) is 0 Å². The van der Waals surface area contributed by atoms with Gasteiger partial charge in [0.25, 0.3) is 0 Å². The number of thiophene rings is 1. The molecule has 0 N–H and O–H groups in total. The Kier molecular flexibility index (Phi) is 5.09. The van der Waals surface area contributed by atoms with Crippen LogP contribution in [-0.4, -0.2) is 27.6 Å². The van der Waals surface area contributed by atoms with Crippen molar-refractivity contribution >= 4 is 29.1 Å².